The Hall–Kier alpha value is -5.81. The van der Waals surface area contributed by atoms with E-state index in [-0.39, 0.29) is 42.1 Å². The van der Waals surface area contributed by atoms with Gasteiger partial charge >= 0.3 is 0 Å². The summed E-state index contributed by atoms with van der Waals surface area (Å²) in [7, 11) is -7.94. The molecule has 4 rings (SSSR count). The van der Waals surface area contributed by atoms with E-state index in [9.17, 15) is 84.3 Å². The summed E-state index contributed by atoms with van der Waals surface area (Å²) >= 11 is 4.03. The number of halogens is 11. The lowest BCUT2D eigenvalue weighted by molar-refractivity contribution is -0.127. The number of nitrogens with one attached hydrogen (secondary N) is 6. The quantitative estimate of drug-likeness (QED) is 0.0250. The van der Waals surface area contributed by atoms with E-state index in [1.54, 1.807) is 4.72 Å². The van der Waals surface area contributed by atoms with E-state index in [1.165, 1.54) is 39.6 Å². The monoisotopic (exact) mass is 1060 g/mol. The third-order valence-electron chi connectivity index (χ3n) is 8.02. The molecular weight excluding hydrogens is 1020 g/mol. The first-order valence-corrected chi connectivity index (χ1v) is 22.6. The Morgan fingerprint density at radius 3 is 1.26 bits per heavy atom. The maximum absolute atomic E-state index is 14.6. The summed E-state index contributed by atoms with van der Waals surface area (Å²) in [6, 6.07) is -0.0273. The first-order chi connectivity index (χ1) is 31.8. The predicted molar refractivity (Wildman–Crippen MR) is 231 cm³/mol. The van der Waals surface area contributed by atoms with Crippen molar-refractivity contribution in [3.63, 3.8) is 0 Å². The number of likely N-dealkylation sites (N-methyl/N-ethyl adjacent to an activating group) is 2. The molecule has 0 aliphatic heterocycles. The highest BCUT2D eigenvalue weighted by molar-refractivity contribution is 7.99. The van der Waals surface area contributed by atoms with Gasteiger partial charge in [0.2, 0.25) is 29.4 Å². The molecule has 4 aromatic rings. The predicted octanol–water partition coefficient (Wildman–Crippen LogP) is 6.27. The molecule has 68 heavy (non-hydrogen) atoms. The van der Waals surface area contributed by atoms with Crippen LogP contribution in [0.3, 0.4) is 0 Å². The van der Waals surface area contributed by atoms with Gasteiger partial charge in [-0.15, -0.1) is 11.8 Å². The molecule has 4 amide bonds. The van der Waals surface area contributed by atoms with Crippen LogP contribution in [0.1, 0.15) is 35.1 Å². The van der Waals surface area contributed by atoms with Crippen molar-refractivity contribution in [2.75, 3.05) is 35.0 Å². The number of carbonyl (C=O) groups excluding carboxylic acids is 4. The third-order valence-corrected chi connectivity index (χ3v) is 12.3. The SMILES string of the molecule is C.CNC(=O)C(CS)NC(C)=O.[3H]c1cc(C)c(F)cc1NS(=O)(=O)c1c(F)c(F)c(F)c(F)c1F.[3H]c1cc(C)c(F)cc1NS(=O)(=O)c1c(F)c(F)c(SCC(NC(C)=O)C(=O)NC)c(F)c1F. The summed E-state index contributed by atoms with van der Waals surface area (Å²) in [5.41, 5.74) is -1.48. The van der Waals surface area contributed by atoms with Crippen molar-refractivity contribution in [2.24, 2.45) is 0 Å². The molecule has 29 heteroatoms. The molecule has 2 unspecified atom stereocenters. The standard InChI is InChI=1S/C19H18F5N3O4S2.C13H7F6NO2S.C6H12N2O2S.CH4/c1-8-4-5-10(6-11(8)20)27-33(30,31)18-15(23)13(21)17(14(22)16(18)24)32-7-12(19(29)25-3)26-9(2)28;1-5-2-3-6(4-7(5)14)20-23(21,22)13-11(18)9(16)8(15)10(17)12(13)19;1-4(9)8-5(3-11)6(10)7-2;/h4-6,12,27H,7H2,1-3H3,(H,25,29)(H,26,28);2-4,20H,1H3;5,11H,3H2,1-2H3,(H,7,10)(H,8,9);1H4/i5T;3T;;. The summed E-state index contributed by atoms with van der Waals surface area (Å²) < 4.78 is 219. The lowest BCUT2D eigenvalue weighted by atomic mass is 10.2. The minimum absolute atomic E-state index is 0. The highest BCUT2D eigenvalue weighted by Crippen LogP contribution is 2.35. The minimum Gasteiger partial charge on any atom is -0.357 e. The number of hydrogen-bond acceptors (Lipinski definition) is 10. The summed E-state index contributed by atoms with van der Waals surface area (Å²) in [5.74, 6) is -25.3. The van der Waals surface area contributed by atoms with Crippen LogP contribution in [0.2, 0.25) is 0 Å². The van der Waals surface area contributed by atoms with Gasteiger partial charge in [0.1, 0.15) is 23.7 Å². The molecule has 4 aromatic carbocycles. The zero-order valence-electron chi connectivity index (χ0n) is 37.0. The number of thiol groups is 1. The molecule has 0 aromatic heterocycles. The fraction of sp³-hybridized carbons (Fsp3) is 0.282. The number of aryl methyl sites for hydroxylation is 2. The molecule has 0 saturated heterocycles. The topological polar surface area (TPSA) is 209 Å². The van der Waals surface area contributed by atoms with Gasteiger partial charge < -0.3 is 21.3 Å². The Bertz CT molecular complexity index is 2840. The van der Waals surface area contributed by atoms with E-state index < -0.39 is 152 Å². The summed E-state index contributed by atoms with van der Waals surface area (Å²) in [5, 5.41) is 9.25. The number of hydrogen-bond donors (Lipinski definition) is 7. The summed E-state index contributed by atoms with van der Waals surface area (Å²) in [6.45, 7) is 4.98. The summed E-state index contributed by atoms with van der Waals surface area (Å²) in [4.78, 5) is 39.0. The fourth-order valence-corrected chi connectivity index (χ4v) is 8.32. The second-order valence-corrected chi connectivity index (χ2v) is 17.6. The summed E-state index contributed by atoms with van der Waals surface area (Å²) in [6.07, 6.45) is 0. The number of carbonyl (C=O) groups is 4. The fourth-order valence-electron chi connectivity index (χ4n) is 4.74. The molecule has 0 radical (unpaired) electrons. The van der Waals surface area contributed by atoms with E-state index in [1.807, 2.05) is 0 Å². The third kappa shape index (κ3) is 15.4. The van der Waals surface area contributed by atoms with Crippen molar-refractivity contribution in [1.82, 2.24) is 21.3 Å². The van der Waals surface area contributed by atoms with Crippen LogP contribution in [0.25, 0.3) is 0 Å². The molecule has 2 atom stereocenters. The van der Waals surface area contributed by atoms with Crippen molar-refractivity contribution < 1.29 is 87.0 Å². The smallest absolute Gasteiger partial charge is 0.267 e. The molecule has 0 saturated carbocycles. The second kappa shape index (κ2) is 25.5. The van der Waals surface area contributed by atoms with Crippen LogP contribution in [0, 0.1) is 77.8 Å². The van der Waals surface area contributed by atoms with Crippen LogP contribution in [-0.4, -0.2) is 78.1 Å². The lowest BCUT2D eigenvalue weighted by Crippen LogP contribution is -2.46. The molecule has 6 N–H and O–H groups in total. The first kappa shape index (κ1) is 56.5. The number of sulfonamides is 2. The van der Waals surface area contributed by atoms with E-state index >= 15 is 0 Å². The number of benzene rings is 4. The van der Waals surface area contributed by atoms with E-state index in [0.29, 0.717) is 17.9 Å². The van der Waals surface area contributed by atoms with Crippen LogP contribution in [-0.2, 0) is 39.2 Å². The number of amides is 4. The van der Waals surface area contributed by atoms with Crippen molar-refractivity contribution in [3.05, 3.63) is 111 Å². The van der Waals surface area contributed by atoms with Gasteiger partial charge in [0, 0.05) is 39.4 Å². The molecule has 0 heterocycles. The number of thioether (sulfide) groups is 1. The average molecular weight is 1060 g/mol. The van der Waals surface area contributed by atoms with Gasteiger partial charge in [0.25, 0.3) is 20.0 Å². The lowest BCUT2D eigenvalue weighted by Gasteiger charge is -2.17. The maximum atomic E-state index is 14.6. The molecule has 0 bridgehead atoms. The normalized spacial score (nSPS) is 12.2. The van der Waals surface area contributed by atoms with Crippen molar-refractivity contribution in [1.29, 1.82) is 0 Å². The Balaban J connectivity index is 0.000000590. The second-order valence-electron chi connectivity index (χ2n) is 13.0. The van der Waals surface area contributed by atoms with Gasteiger partial charge in [-0.1, -0.05) is 19.6 Å². The number of anilines is 2. The van der Waals surface area contributed by atoms with Crippen LogP contribution in [0.15, 0.2) is 51.0 Å². The van der Waals surface area contributed by atoms with Gasteiger partial charge in [-0.05, 0) is 49.2 Å². The Morgan fingerprint density at radius 1 is 0.603 bits per heavy atom. The Morgan fingerprint density at radius 2 is 0.926 bits per heavy atom. The van der Waals surface area contributed by atoms with E-state index in [0.717, 1.165) is 19.1 Å². The number of rotatable bonds is 14. The van der Waals surface area contributed by atoms with Gasteiger partial charge in [0.15, 0.2) is 56.3 Å². The minimum atomic E-state index is -5.35. The molecule has 376 valence electrons. The first-order valence-electron chi connectivity index (χ1n) is 19.0. The zero-order valence-corrected chi connectivity index (χ0v) is 38.3. The van der Waals surface area contributed by atoms with Crippen molar-refractivity contribution >= 4 is 79.4 Å². The molecule has 0 fully saturated rings. The van der Waals surface area contributed by atoms with Crippen molar-refractivity contribution in [2.45, 2.75) is 61.9 Å². The highest BCUT2D eigenvalue weighted by Gasteiger charge is 2.35. The van der Waals surface area contributed by atoms with Gasteiger partial charge in [-0.2, -0.15) is 12.6 Å². The van der Waals surface area contributed by atoms with E-state index in [2.05, 4.69) is 33.9 Å². The van der Waals surface area contributed by atoms with Gasteiger partial charge in [0.05, 0.1) is 19.0 Å². The molecular formula is C39H41F11N6O8S4. The largest absolute Gasteiger partial charge is 0.357 e. The maximum Gasteiger partial charge on any atom is 0.267 e. The molecule has 0 aliphatic rings. The van der Waals surface area contributed by atoms with Crippen LogP contribution < -0.4 is 30.7 Å². The van der Waals surface area contributed by atoms with Gasteiger partial charge in [-0.3, -0.25) is 28.6 Å². The van der Waals surface area contributed by atoms with Crippen LogP contribution in [0.4, 0.5) is 59.7 Å². The molecule has 14 nitrogen and oxygen atoms in total. The van der Waals surface area contributed by atoms with Crippen LogP contribution in [0.5, 0.6) is 0 Å². The zero-order chi connectivity index (χ0) is 53.2. The molecule has 0 aliphatic carbocycles. The van der Waals surface area contributed by atoms with Crippen LogP contribution >= 0.6 is 24.4 Å². The van der Waals surface area contributed by atoms with E-state index in [4.69, 9.17) is 2.74 Å². The van der Waals surface area contributed by atoms with Crippen molar-refractivity contribution in [3.8, 4) is 0 Å². The Labute approximate surface area is 394 Å². The molecule has 0 spiro atoms. The average Bonchev–Trinajstić information content (AvgIpc) is 3.26. The highest BCUT2D eigenvalue weighted by atomic mass is 32.2. The Kier molecular flexibility index (Phi) is 21.2. The van der Waals surface area contributed by atoms with Gasteiger partial charge in [-0.25, -0.2) is 65.1 Å².